The van der Waals surface area contributed by atoms with Crippen molar-refractivity contribution in [3.05, 3.63) is 24.3 Å². The zero-order chi connectivity index (χ0) is 11.3. The lowest BCUT2D eigenvalue weighted by Crippen LogP contribution is -2.12. The first-order valence-corrected chi connectivity index (χ1v) is 5.97. The molecule has 0 aromatic rings. The minimum Gasteiger partial charge on any atom is -0.300 e. The van der Waals surface area contributed by atoms with Crippen LogP contribution in [0.25, 0.3) is 0 Å². The highest BCUT2D eigenvalue weighted by molar-refractivity contribution is 5.78. The summed E-state index contributed by atoms with van der Waals surface area (Å²) in [6, 6.07) is 0. The maximum atomic E-state index is 11.6. The third-order valence-corrected chi connectivity index (χ3v) is 3.10. The molecule has 0 spiro atoms. The van der Waals surface area contributed by atoms with Crippen LogP contribution in [0.1, 0.15) is 46.0 Å². The van der Waals surface area contributed by atoms with E-state index in [2.05, 4.69) is 32.6 Å². The number of allylic oxidation sites excluding steroid dienone is 3. The molecule has 1 rings (SSSR count). The van der Waals surface area contributed by atoms with E-state index in [1.54, 1.807) is 0 Å². The van der Waals surface area contributed by atoms with Crippen LogP contribution in [-0.4, -0.2) is 5.78 Å². The molecule has 0 saturated carbocycles. The Hall–Kier alpha value is -0.850. The van der Waals surface area contributed by atoms with E-state index in [9.17, 15) is 4.79 Å². The maximum absolute atomic E-state index is 11.6. The number of carbonyl (C=O) groups excluding carboxylic acids is 1. The van der Waals surface area contributed by atoms with Crippen molar-refractivity contribution in [1.82, 2.24) is 0 Å². The SMILES string of the molecule is C=C1/C=C/[C@H](C(C)C)CC(=O)CCCC1. The monoisotopic (exact) mass is 206 g/mol. The smallest absolute Gasteiger partial charge is 0.133 e. The number of carbonyl (C=O) groups is 1. The van der Waals surface area contributed by atoms with E-state index < -0.39 is 0 Å². The van der Waals surface area contributed by atoms with Crippen LogP contribution >= 0.6 is 0 Å². The standard InChI is InChI=1S/C14H22O/c1-11(2)13-9-8-12(3)6-4-5-7-14(15)10-13/h8-9,11,13H,3-7,10H2,1-2H3/b9-8+/t13-/m0/s1. The molecule has 0 aromatic carbocycles. The van der Waals surface area contributed by atoms with Gasteiger partial charge in [0.25, 0.3) is 0 Å². The van der Waals surface area contributed by atoms with Gasteiger partial charge in [-0.3, -0.25) is 4.79 Å². The zero-order valence-corrected chi connectivity index (χ0v) is 9.96. The van der Waals surface area contributed by atoms with Gasteiger partial charge in [-0.1, -0.05) is 38.2 Å². The molecule has 1 aliphatic rings. The first kappa shape index (κ1) is 12.2. The fourth-order valence-corrected chi connectivity index (χ4v) is 1.91. The lowest BCUT2D eigenvalue weighted by Gasteiger charge is -2.17. The molecule has 84 valence electrons. The van der Waals surface area contributed by atoms with Gasteiger partial charge in [-0.15, -0.1) is 0 Å². The number of hydrogen-bond donors (Lipinski definition) is 0. The Morgan fingerprint density at radius 2 is 2.00 bits per heavy atom. The number of ketones is 1. The molecule has 0 saturated heterocycles. The van der Waals surface area contributed by atoms with Crippen LogP contribution in [0.2, 0.25) is 0 Å². The molecular weight excluding hydrogens is 184 g/mol. The van der Waals surface area contributed by atoms with Crippen molar-refractivity contribution in [3.63, 3.8) is 0 Å². The van der Waals surface area contributed by atoms with Crippen LogP contribution in [0.3, 0.4) is 0 Å². The van der Waals surface area contributed by atoms with Gasteiger partial charge in [0.2, 0.25) is 0 Å². The van der Waals surface area contributed by atoms with Crippen LogP contribution in [0, 0.1) is 11.8 Å². The molecule has 0 aromatic heterocycles. The van der Waals surface area contributed by atoms with Crippen LogP contribution in [0.4, 0.5) is 0 Å². The van der Waals surface area contributed by atoms with E-state index in [0.29, 0.717) is 24.0 Å². The Kier molecular flexibility index (Phi) is 4.80. The molecule has 1 heteroatoms. The van der Waals surface area contributed by atoms with Crippen molar-refractivity contribution in [1.29, 1.82) is 0 Å². The quantitative estimate of drug-likeness (QED) is 0.636. The van der Waals surface area contributed by atoms with Gasteiger partial charge in [0, 0.05) is 12.8 Å². The van der Waals surface area contributed by atoms with Crippen molar-refractivity contribution in [3.8, 4) is 0 Å². The molecule has 0 radical (unpaired) electrons. The zero-order valence-electron chi connectivity index (χ0n) is 9.96. The fourth-order valence-electron chi connectivity index (χ4n) is 1.91. The summed E-state index contributed by atoms with van der Waals surface area (Å²) in [6.45, 7) is 8.38. The predicted octanol–water partition coefficient (Wildman–Crippen LogP) is 3.90. The summed E-state index contributed by atoms with van der Waals surface area (Å²) in [6.07, 6.45) is 8.91. The highest BCUT2D eigenvalue weighted by Crippen LogP contribution is 2.22. The third kappa shape index (κ3) is 4.46. The lowest BCUT2D eigenvalue weighted by atomic mass is 9.87. The highest BCUT2D eigenvalue weighted by Gasteiger charge is 2.15. The second-order valence-electron chi connectivity index (χ2n) is 4.88. The van der Waals surface area contributed by atoms with Gasteiger partial charge in [-0.25, -0.2) is 0 Å². The molecule has 0 bridgehead atoms. The van der Waals surface area contributed by atoms with Crippen molar-refractivity contribution < 1.29 is 4.79 Å². The Morgan fingerprint density at radius 1 is 1.33 bits per heavy atom. The first-order valence-electron chi connectivity index (χ1n) is 5.97. The summed E-state index contributed by atoms with van der Waals surface area (Å²) in [5.74, 6) is 1.36. The highest BCUT2D eigenvalue weighted by atomic mass is 16.1. The second-order valence-corrected chi connectivity index (χ2v) is 4.88. The maximum Gasteiger partial charge on any atom is 0.133 e. The van der Waals surface area contributed by atoms with Gasteiger partial charge < -0.3 is 0 Å². The van der Waals surface area contributed by atoms with E-state index in [1.807, 2.05) is 0 Å². The van der Waals surface area contributed by atoms with Crippen molar-refractivity contribution >= 4 is 5.78 Å². The van der Waals surface area contributed by atoms with Crippen molar-refractivity contribution in [2.45, 2.75) is 46.0 Å². The Morgan fingerprint density at radius 3 is 2.67 bits per heavy atom. The van der Waals surface area contributed by atoms with Gasteiger partial charge in [-0.2, -0.15) is 0 Å². The van der Waals surface area contributed by atoms with Gasteiger partial charge in [0.1, 0.15) is 5.78 Å². The van der Waals surface area contributed by atoms with Crippen molar-refractivity contribution in [2.75, 3.05) is 0 Å². The molecule has 0 N–H and O–H groups in total. The molecule has 0 fully saturated rings. The van der Waals surface area contributed by atoms with E-state index in [4.69, 9.17) is 0 Å². The van der Waals surface area contributed by atoms with Crippen LogP contribution in [0.15, 0.2) is 24.3 Å². The molecule has 0 amide bonds. The molecular formula is C14H22O. The average molecular weight is 206 g/mol. The third-order valence-electron chi connectivity index (χ3n) is 3.10. The van der Waals surface area contributed by atoms with Gasteiger partial charge in [0.05, 0.1) is 0 Å². The first-order chi connectivity index (χ1) is 7.09. The Balaban J connectivity index is 2.70. The topological polar surface area (TPSA) is 17.1 Å². The number of rotatable bonds is 1. The Bertz CT molecular complexity index is 261. The molecule has 15 heavy (non-hydrogen) atoms. The molecule has 1 atom stereocenters. The van der Waals surface area contributed by atoms with Gasteiger partial charge in [0.15, 0.2) is 0 Å². The van der Waals surface area contributed by atoms with Gasteiger partial charge in [-0.05, 0) is 31.1 Å². The summed E-state index contributed by atoms with van der Waals surface area (Å²) in [4.78, 5) is 11.6. The predicted molar refractivity (Wildman–Crippen MR) is 64.7 cm³/mol. The summed E-state index contributed by atoms with van der Waals surface area (Å²) < 4.78 is 0. The number of Topliss-reactive ketones (excluding diaryl/α,β-unsaturated/α-hetero) is 1. The molecule has 1 nitrogen and oxygen atoms in total. The molecule has 0 unspecified atom stereocenters. The summed E-state index contributed by atoms with van der Waals surface area (Å²) in [7, 11) is 0. The second kappa shape index (κ2) is 5.89. The Labute approximate surface area is 93.3 Å². The fraction of sp³-hybridized carbons (Fsp3) is 0.643. The summed E-state index contributed by atoms with van der Waals surface area (Å²) in [5, 5.41) is 0. The van der Waals surface area contributed by atoms with E-state index >= 15 is 0 Å². The van der Waals surface area contributed by atoms with Gasteiger partial charge >= 0.3 is 0 Å². The lowest BCUT2D eigenvalue weighted by molar-refractivity contribution is -0.120. The average Bonchev–Trinajstić information content (AvgIpc) is 2.18. The normalized spacial score (nSPS) is 26.7. The largest absolute Gasteiger partial charge is 0.300 e. The minimum atomic E-state index is 0.396. The molecule has 0 heterocycles. The molecule has 1 aliphatic carbocycles. The van der Waals surface area contributed by atoms with E-state index in [-0.39, 0.29) is 0 Å². The summed E-state index contributed by atoms with van der Waals surface area (Å²) >= 11 is 0. The number of hydrogen-bond acceptors (Lipinski definition) is 1. The van der Waals surface area contributed by atoms with Crippen LogP contribution in [-0.2, 0) is 4.79 Å². The summed E-state index contributed by atoms with van der Waals surface area (Å²) in [5.41, 5.74) is 1.20. The van der Waals surface area contributed by atoms with Crippen LogP contribution in [0.5, 0.6) is 0 Å². The van der Waals surface area contributed by atoms with E-state index in [1.165, 1.54) is 5.57 Å². The van der Waals surface area contributed by atoms with Crippen molar-refractivity contribution in [2.24, 2.45) is 11.8 Å². The molecule has 0 aliphatic heterocycles. The van der Waals surface area contributed by atoms with E-state index in [0.717, 1.165) is 25.7 Å². The van der Waals surface area contributed by atoms with Crippen LogP contribution < -0.4 is 0 Å². The minimum absolute atomic E-state index is 0.396.